The van der Waals surface area contributed by atoms with Crippen LogP contribution in [0.1, 0.15) is 20.9 Å². The Labute approximate surface area is 116 Å². The number of thiazole rings is 1. The van der Waals surface area contributed by atoms with E-state index in [9.17, 15) is 9.18 Å². The molecule has 0 bridgehead atoms. The van der Waals surface area contributed by atoms with Crippen LogP contribution in [0.5, 0.6) is 0 Å². The van der Waals surface area contributed by atoms with Gasteiger partial charge in [-0.05, 0) is 32.0 Å². The number of benzene rings is 1. The van der Waals surface area contributed by atoms with Gasteiger partial charge >= 0.3 is 0 Å². The third-order valence-electron chi connectivity index (χ3n) is 2.42. The van der Waals surface area contributed by atoms with Crippen LogP contribution >= 0.6 is 27.3 Å². The summed E-state index contributed by atoms with van der Waals surface area (Å²) in [7, 11) is 0. The summed E-state index contributed by atoms with van der Waals surface area (Å²) < 4.78 is 14.2. The maximum Gasteiger partial charge on any atom is 0.260 e. The Balaban J connectivity index is 2.22. The SMILES string of the molecule is Cc1nc(NC(=O)c2ccc(Br)cc2F)sc1C. The number of carbonyl (C=O) groups excluding carboxylic acids is 1. The molecular formula is C12H10BrFN2OS. The van der Waals surface area contributed by atoms with Crippen molar-refractivity contribution in [1.82, 2.24) is 4.98 Å². The lowest BCUT2D eigenvalue weighted by molar-refractivity contribution is 0.102. The first-order valence-electron chi connectivity index (χ1n) is 5.18. The van der Waals surface area contributed by atoms with Crippen LogP contribution in [0, 0.1) is 19.7 Å². The first-order chi connectivity index (χ1) is 8.47. The lowest BCUT2D eigenvalue weighted by Crippen LogP contribution is -2.13. The molecule has 3 nitrogen and oxygen atoms in total. The minimum atomic E-state index is -0.563. The van der Waals surface area contributed by atoms with E-state index in [4.69, 9.17) is 0 Å². The first-order valence-corrected chi connectivity index (χ1v) is 6.79. The van der Waals surface area contributed by atoms with Crippen LogP contribution in [0.3, 0.4) is 0 Å². The van der Waals surface area contributed by atoms with Crippen LogP contribution in [-0.4, -0.2) is 10.9 Å². The quantitative estimate of drug-likeness (QED) is 0.907. The Morgan fingerprint density at radius 1 is 1.44 bits per heavy atom. The summed E-state index contributed by atoms with van der Waals surface area (Å²) in [6.07, 6.45) is 0. The van der Waals surface area contributed by atoms with Crippen molar-refractivity contribution < 1.29 is 9.18 Å². The van der Waals surface area contributed by atoms with Crippen LogP contribution in [-0.2, 0) is 0 Å². The summed E-state index contributed by atoms with van der Waals surface area (Å²) in [6.45, 7) is 3.78. The maximum atomic E-state index is 13.6. The van der Waals surface area contributed by atoms with E-state index in [1.165, 1.54) is 23.5 Å². The van der Waals surface area contributed by atoms with Gasteiger partial charge in [-0.1, -0.05) is 15.9 Å². The molecule has 0 spiro atoms. The third-order valence-corrected chi connectivity index (χ3v) is 3.91. The fraction of sp³-hybridized carbons (Fsp3) is 0.167. The minimum absolute atomic E-state index is 0.00343. The van der Waals surface area contributed by atoms with Crippen LogP contribution in [0.25, 0.3) is 0 Å². The Morgan fingerprint density at radius 3 is 2.72 bits per heavy atom. The molecule has 0 aliphatic carbocycles. The number of rotatable bonds is 2. The second-order valence-electron chi connectivity index (χ2n) is 3.74. The molecule has 1 aromatic carbocycles. The van der Waals surface area contributed by atoms with Crippen LogP contribution in [0.4, 0.5) is 9.52 Å². The molecule has 0 saturated carbocycles. The van der Waals surface area contributed by atoms with Gasteiger partial charge in [-0.15, -0.1) is 11.3 Å². The monoisotopic (exact) mass is 328 g/mol. The highest BCUT2D eigenvalue weighted by molar-refractivity contribution is 9.10. The van der Waals surface area contributed by atoms with E-state index in [-0.39, 0.29) is 5.56 Å². The summed E-state index contributed by atoms with van der Waals surface area (Å²) in [6, 6.07) is 4.31. The first kappa shape index (κ1) is 13.2. The van der Waals surface area contributed by atoms with Gasteiger partial charge < -0.3 is 0 Å². The highest BCUT2D eigenvalue weighted by atomic mass is 79.9. The van der Waals surface area contributed by atoms with Crippen LogP contribution < -0.4 is 5.32 Å². The van der Waals surface area contributed by atoms with Crippen molar-refractivity contribution in [2.75, 3.05) is 5.32 Å². The molecule has 1 heterocycles. The Morgan fingerprint density at radius 2 is 2.17 bits per heavy atom. The van der Waals surface area contributed by atoms with E-state index < -0.39 is 11.7 Å². The number of amides is 1. The zero-order valence-electron chi connectivity index (χ0n) is 9.75. The van der Waals surface area contributed by atoms with Gasteiger partial charge in [-0.2, -0.15) is 0 Å². The molecule has 0 unspecified atom stereocenters. The summed E-state index contributed by atoms with van der Waals surface area (Å²) in [4.78, 5) is 17.1. The second-order valence-corrected chi connectivity index (χ2v) is 5.86. The van der Waals surface area contributed by atoms with Gasteiger partial charge in [0.2, 0.25) is 0 Å². The molecule has 0 aliphatic heterocycles. The minimum Gasteiger partial charge on any atom is -0.298 e. The van der Waals surface area contributed by atoms with E-state index in [1.54, 1.807) is 6.07 Å². The second kappa shape index (κ2) is 5.16. The van der Waals surface area contributed by atoms with E-state index >= 15 is 0 Å². The summed E-state index contributed by atoms with van der Waals surface area (Å²) >= 11 is 4.51. The lowest BCUT2D eigenvalue weighted by atomic mass is 10.2. The number of hydrogen-bond donors (Lipinski definition) is 1. The normalized spacial score (nSPS) is 10.4. The molecule has 2 rings (SSSR count). The fourth-order valence-corrected chi connectivity index (χ4v) is 2.51. The fourth-order valence-electron chi connectivity index (χ4n) is 1.36. The molecular weight excluding hydrogens is 319 g/mol. The van der Waals surface area contributed by atoms with E-state index in [1.807, 2.05) is 13.8 Å². The smallest absolute Gasteiger partial charge is 0.260 e. The standard InChI is InChI=1S/C12H10BrFN2OS/c1-6-7(2)18-12(15-6)16-11(17)9-4-3-8(13)5-10(9)14/h3-5H,1-2H3,(H,15,16,17). The third kappa shape index (κ3) is 2.76. The molecule has 0 aliphatic rings. The van der Waals surface area contributed by atoms with Crippen molar-refractivity contribution >= 4 is 38.3 Å². The molecule has 0 fully saturated rings. The molecule has 0 atom stereocenters. The number of nitrogens with zero attached hydrogens (tertiary/aromatic N) is 1. The zero-order valence-corrected chi connectivity index (χ0v) is 12.2. The molecule has 2 aromatic rings. The van der Waals surface area contributed by atoms with Crippen molar-refractivity contribution in [2.45, 2.75) is 13.8 Å². The highest BCUT2D eigenvalue weighted by Gasteiger charge is 2.14. The topological polar surface area (TPSA) is 42.0 Å². The number of aromatic nitrogens is 1. The maximum absolute atomic E-state index is 13.6. The number of carbonyl (C=O) groups is 1. The van der Waals surface area contributed by atoms with E-state index in [0.717, 1.165) is 10.6 Å². The van der Waals surface area contributed by atoms with Gasteiger partial charge in [0.25, 0.3) is 5.91 Å². The number of aryl methyl sites for hydroxylation is 2. The molecule has 1 amide bonds. The zero-order chi connectivity index (χ0) is 13.3. The van der Waals surface area contributed by atoms with Crippen molar-refractivity contribution in [3.8, 4) is 0 Å². The molecule has 1 aromatic heterocycles. The predicted octanol–water partition coefficient (Wildman–Crippen LogP) is 3.91. The van der Waals surface area contributed by atoms with Crippen molar-refractivity contribution in [1.29, 1.82) is 0 Å². The van der Waals surface area contributed by atoms with Gasteiger partial charge in [-0.3, -0.25) is 10.1 Å². The molecule has 94 valence electrons. The summed E-state index contributed by atoms with van der Waals surface area (Å²) in [5.41, 5.74) is 0.871. The van der Waals surface area contributed by atoms with Gasteiger partial charge in [0.15, 0.2) is 5.13 Å². The van der Waals surface area contributed by atoms with Gasteiger partial charge in [0.1, 0.15) is 5.82 Å². The summed E-state index contributed by atoms with van der Waals surface area (Å²) in [5.74, 6) is -1.05. The van der Waals surface area contributed by atoms with Gasteiger partial charge in [0, 0.05) is 9.35 Å². The van der Waals surface area contributed by atoms with Crippen molar-refractivity contribution in [2.24, 2.45) is 0 Å². The van der Waals surface area contributed by atoms with Crippen LogP contribution in [0.15, 0.2) is 22.7 Å². The highest BCUT2D eigenvalue weighted by Crippen LogP contribution is 2.22. The largest absolute Gasteiger partial charge is 0.298 e. The molecule has 1 N–H and O–H groups in total. The average Bonchev–Trinajstić information content (AvgIpc) is 2.57. The number of hydrogen-bond acceptors (Lipinski definition) is 3. The lowest BCUT2D eigenvalue weighted by Gasteiger charge is -2.03. The molecule has 0 saturated heterocycles. The van der Waals surface area contributed by atoms with Crippen molar-refractivity contribution in [3.63, 3.8) is 0 Å². The molecule has 6 heteroatoms. The molecule has 18 heavy (non-hydrogen) atoms. The van der Waals surface area contributed by atoms with E-state index in [0.29, 0.717) is 9.60 Å². The van der Waals surface area contributed by atoms with Gasteiger partial charge in [0.05, 0.1) is 11.3 Å². The summed E-state index contributed by atoms with van der Waals surface area (Å²) in [5, 5.41) is 3.08. The van der Waals surface area contributed by atoms with E-state index in [2.05, 4.69) is 26.2 Å². The number of halogens is 2. The van der Waals surface area contributed by atoms with Crippen LogP contribution in [0.2, 0.25) is 0 Å². The number of nitrogens with one attached hydrogen (secondary N) is 1. The Bertz CT molecular complexity index is 593. The average molecular weight is 329 g/mol. The molecule has 0 radical (unpaired) electrons. The number of anilines is 1. The van der Waals surface area contributed by atoms with Gasteiger partial charge in [-0.25, -0.2) is 9.37 Å². The van der Waals surface area contributed by atoms with Crippen molar-refractivity contribution in [3.05, 3.63) is 44.6 Å². The Hall–Kier alpha value is -1.27. The Kier molecular flexibility index (Phi) is 3.77. The predicted molar refractivity (Wildman–Crippen MR) is 73.6 cm³/mol.